The van der Waals surface area contributed by atoms with Crippen LogP contribution in [0.25, 0.3) is 16.7 Å². The first-order valence-corrected chi connectivity index (χ1v) is 7.36. The van der Waals surface area contributed by atoms with Crippen LogP contribution in [0.4, 0.5) is 4.39 Å². The first-order valence-electron chi connectivity index (χ1n) is 7.36. The SMILES string of the molecule is C=C(C)n1c(=O)n(C/C(=N\O)c2ccccc2F)c2ccccc21. The van der Waals surface area contributed by atoms with Gasteiger partial charge in [0.05, 0.1) is 17.6 Å². The number of fused-ring (bicyclic) bond motifs is 1. The van der Waals surface area contributed by atoms with Gasteiger partial charge < -0.3 is 5.21 Å². The van der Waals surface area contributed by atoms with Gasteiger partial charge in [-0.2, -0.15) is 0 Å². The molecule has 0 atom stereocenters. The molecule has 0 spiro atoms. The Labute approximate surface area is 137 Å². The first-order chi connectivity index (χ1) is 11.5. The lowest BCUT2D eigenvalue weighted by Crippen LogP contribution is -2.27. The summed E-state index contributed by atoms with van der Waals surface area (Å²) in [6, 6.07) is 13.2. The van der Waals surface area contributed by atoms with Gasteiger partial charge in [0.2, 0.25) is 0 Å². The van der Waals surface area contributed by atoms with Crippen LogP contribution in [-0.4, -0.2) is 20.1 Å². The van der Waals surface area contributed by atoms with Crippen LogP contribution in [0.2, 0.25) is 0 Å². The van der Waals surface area contributed by atoms with E-state index in [1.807, 2.05) is 6.07 Å². The number of rotatable bonds is 4. The van der Waals surface area contributed by atoms with Crippen molar-refractivity contribution in [2.75, 3.05) is 0 Å². The zero-order chi connectivity index (χ0) is 17.3. The zero-order valence-electron chi connectivity index (χ0n) is 13.1. The highest BCUT2D eigenvalue weighted by Gasteiger charge is 2.17. The standard InChI is InChI=1S/C18H16FN3O2/c1-12(2)22-17-10-6-5-9-16(17)21(18(22)23)11-15(20-24)13-7-3-4-8-14(13)19/h3-10,24H,1,11H2,2H3/b20-15+. The van der Waals surface area contributed by atoms with Gasteiger partial charge in [-0.15, -0.1) is 0 Å². The number of oxime groups is 1. The van der Waals surface area contributed by atoms with E-state index in [-0.39, 0.29) is 23.5 Å². The highest BCUT2D eigenvalue weighted by atomic mass is 19.1. The molecular weight excluding hydrogens is 309 g/mol. The lowest BCUT2D eigenvalue weighted by Gasteiger charge is -2.07. The van der Waals surface area contributed by atoms with Crippen LogP contribution in [0.3, 0.4) is 0 Å². The number of halogens is 1. The minimum Gasteiger partial charge on any atom is -0.411 e. The molecule has 5 nitrogen and oxygen atoms in total. The van der Waals surface area contributed by atoms with Crippen molar-refractivity contribution in [3.63, 3.8) is 0 Å². The predicted octanol–water partition coefficient (Wildman–Crippen LogP) is 3.31. The first kappa shape index (κ1) is 15.7. The van der Waals surface area contributed by atoms with Gasteiger partial charge in [-0.05, 0) is 25.1 Å². The highest BCUT2D eigenvalue weighted by Crippen LogP contribution is 2.17. The van der Waals surface area contributed by atoms with Gasteiger partial charge in [-0.3, -0.25) is 9.13 Å². The van der Waals surface area contributed by atoms with Gasteiger partial charge in [0.1, 0.15) is 11.5 Å². The molecule has 1 heterocycles. The quantitative estimate of drug-likeness (QED) is 0.454. The van der Waals surface area contributed by atoms with Crippen molar-refractivity contribution >= 4 is 22.4 Å². The monoisotopic (exact) mass is 325 g/mol. The lowest BCUT2D eigenvalue weighted by atomic mass is 10.1. The molecule has 0 amide bonds. The fraction of sp³-hybridized carbons (Fsp3) is 0.111. The number of para-hydroxylation sites is 2. The molecule has 0 aliphatic carbocycles. The molecule has 1 aromatic heterocycles. The maximum absolute atomic E-state index is 14.0. The van der Waals surface area contributed by atoms with Crippen LogP contribution in [-0.2, 0) is 6.54 Å². The van der Waals surface area contributed by atoms with Crippen molar-refractivity contribution in [1.29, 1.82) is 0 Å². The lowest BCUT2D eigenvalue weighted by molar-refractivity contribution is 0.317. The van der Waals surface area contributed by atoms with Crippen LogP contribution >= 0.6 is 0 Å². The van der Waals surface area contributed by atoms with E-state index in [0.29, 0.717) is 16.7 Å². The van der Waals surface area contributed by atoms with Gasteiger partial charge in [0.25, 0.3) is 0 Å². The largest absolute Gasteiger partial charge is 0.411 e. The topological polar surface area (TPSA) is 59.5 Å². The van der Waals surface area contributed by atoms with Crippen LogP contribution in [0.1, 0.15) is 12.5 Å². The maximum Gasteiger partial charge on any atom is 0.333 e. The van der Waals surface area contributed by atoms with Crippen LogP contribution < -0.4 is 5.69 Å². The number of aromatic nitrogens is 2. The molecule has 1 N–H and O–H groups in total. The van der Waals surface area contributed by atoms with Crippen LogP contribution in [0, 0.1) is 5.82 Å². The van der Waals surface area contributed by atoms with Gasteiger partial charge in [0.15, 0.2) is 0 Å². The van der Waals surface area contributed by atoms with Crippen LogP contribution in [0.15, 0.2) is 65.1 Å². The van der Waals surface area contributed by atoms with E-state index in [1.165, 1.54) is 21.3 Å². The second-order valence-electron chi connectivity index (χ2n) is 5.45. The molecule has 0 aliphatic rings. The molecule has 0 radical (unpaired) electrons. The van der Waals surface area contributed by atoms with Crippen molar-refractivity contribution in [2.24, 2.45) is 5.16 Å². The number of benzene rings is 2. The third kappa shape index (κ3) is 2.52. The molecule has 0 fully saturated rings. The minimum absolute atomic E-state index is 0.0585. The Hall–Kier alpha value is -3.15. The summed E-state index contributed by atoms with van der Waals surface area (Å²) in [6.45, 7) is 5.51. The van der Waals surface area contributed by atoms with Gasteiger partial charge in [0, 0.05) is 11.3 Å². The van der Waals surface area contributed by atoms with Crippen molar-refractivity contribution in [3.05, 3.63) is 77.0 Å². The van der Waals surface area contributed by atoms with Gasteiger partial charge in [-0.25, -0.2) is 9.18 Å². The third-order valence-electron chi connectivity index (χ3n) is 3.83. The van der Waals surface area contributed by atoms with E-state index < -0.39 is 5.82 Å². The molecule has 0 bridgehead atoms. The minimum atomic E-state index is -0.512. The van der Waals surface area contributed by atoms with E-state index in [0.717, 1.165) is 0 Å². The second-order valence-corrected chi connectivity index (χ2v) is 5.45. The maximum atomic E-state index is 14.0. The van der Waals surface area contributed by atoms with Gasteiger partial charge >= 0.3 is 5.69 Å². The molecule has 6 heteroatoms. The van der Waals surface area contributed by atoms with E-state index in [4.69, 9.17) is 0 Å². The second kappa shape index (κ2) is 6.16. The Balaban J connectivity index is 2.17. The summed E-state index contributed by atoms with van der Waals surface area (Å²) < 4.78 is 16.9. The summed E-state index contributed by atoms with van der Waals surface area (Å²) >= 11 is 0. The number of hydrogen-bond donors (Lipinski definition) is 1. The Morgan fingerprint density at radius 1 is 1.17 bits per heavy atom. The fourth-order valence-corrected chi connectivity index (χ4v) is 2.75. The number of allylic oxidation sites excluding steroid dienone is 1. The zero-order valence-corrected chi connectivity index (χ0v) is 13.1. The highest BCUT2D eigenvalue weighted by molar-refractivity contribution is 6.00. The number of nitrogens with zero attached hydrogens (tertiary/aromatic N) is 3. The molecule has 0 saturated heterocycles. The van der Waals surface area contributed by atoms with Crippen molar-refractivity contribution in [1.82, 2.24) is 9.13 Å². The Kier molecular flexibility index (Phi) is 4.04. The number of hydrogen-bond acceptors (Lipinski definition) is 3. The molecule has 3 rings (SSSR count). The molecule has 0 saturated carbocycles. The molecule has 0 unspecified atom stereocenters. The molecule has 122 valence electrons. The van der Waals surface area contributed by atoms with Crippen molar-refractivity contribution in [2.45, 2.75) is 13.5 Å². The molecule has 3 aromatic rings. The smallest absolute Gasteiger partial charge is 0.333 e. The normalized spacial score (nSPS) is 11.8. The average Bonchev–Trinajstić information content (AvgIpc) is 2.85. The predicted molar refractivity (Wildman–Crippen MR) is 91.9 cm³/mol. The summed E-state index contributed by atoms with van der Waals surface area (Å²) in [6.07, 6.45) is 0. The number of imidazole rings is 1. The molecule has 24 heavy (non-hydrogen) atoms. The summed E-state index contributed by atoms with van der Waals surface area (Å²) in [4.78, 5) is 12.7. The van der Waals surface area contributed by atoms with Crippen molar-refractivity contribution < 1.29 is 9.60 Å². The molecule has 2 aromatic carbocycles. The summed E-state index contributed by atoms with van der Waals surface area (Å²) in [5.74, 6) is -0.512. The summed E-state index contributed by atoms with van der Waals surface area (Å²) in [7, 11) is 0. The van der Waals surface area contributed by atoms with Crippen LogP contribution in [0.5, 0.6) is 0 Å². The average molecular weight is 325 g/mol. The van der Waals surface area contributed by atoms with E-state index in [2.05, 4.69) is 11.7 Å². The third-order valence-corrected chi connectivity index (χ3v) is 3.83. The fourth-order valence-electron chi connectivity index (χ4n) is 2.75. The van der Waals surface area contributed by atoms with E-state index in [1.54, 1.807) is 37.3 Å². The summed E-state index contributed by atoms with van der Waals surface area (Å²) in [5, 5.41) is 12.5. The summed E-state index contributed by atoms with van der Waals surface area (Å²) in [5.41, 5.74) is 1.83. The molecular formula is C18H16FN3O2. The van der Waals surface area contributed by atoms with Gasteiger partial charge in [-0.1, -0.05) is 42.1 Å². The Morgan fingerprint density at radius 3 is 2.42 bits per heavy atom. The van der Waals surface area contributed by atoms with E-state index >= 15 is 0 Å². The molecule has 0 aliphatic heterocycles. The Morgan fingerprint density at radius 2 is 1.79 bits per heavy atom. The van der Waals surface area contributed by atoms with E-state index in [9.17, 15) is 14.4 Å². The Bertz CT molecular complexity index is 1010. The van der Waals surface area contributed by atoms with Crippen molar-refractivity contribution in [3.8, 4) is 0 Å².